The number of anilines is 1. The summed E-state index contributed by atoms with van der Waals surface area (Å²) >= 11 is 0. The summed E-state index contributed by atoms with van der Waals surface area (Å²) in [5.74, 6) is 0.700. The molecular weight excluding hydrogens is 290 g/mol. The monoisotopic (exact) mass is 313 g/mol. The van der Waals surface area contributed by atoms with E-state index in [1.807, 2.05) is 12.1 Å². The van der Waals surface area contributed by atoms with Crippen LogP contribution in [-0.2, 0) is 6.42 Å². The molecule has 0 saturated carbocycles. The molecule has 0 saturated heterocycles. The summed E-state index contributed by atoms with van der Waals surface area (Å²) in [4.78, 5) is 28.7. The number of pyridine rings is 1. The Morgan fingerprint density at radius 3 is 2.48 bits per heavy atom. The van der Waals surface area contributed by atoms with E-state index in [1.165, 1.54) is 6.33 Å². The van der Waals surface area contributed by atoms with Crippen molar-refractivity contribution < 1.29 is 4.79 Å². The average Bonchev–Trinajstić information content (AvgIpc) is 2.61. The van der Waals surface area contributed by atoms with Gasteiger partial charge in [0.1, 0.15) is 17.8 Å². The molecule has 0 radical (unpaired) electrons. The van der Waals surface area contributed by atoms with Crippen LogP contribution in [-0.4, -0.2) is 52.4 Å². The smallest absolute Gasteiger partial charge is 0.272 e. The SMILES string of the molecule is CCN(CC)c1cc(C(=O)N(C)CCc2ccncc2)ncn1. The van der Waals surface area contributed by atoms with Gasteiger partial charge in [-0.3, -0.25) is 9.78 Å². The number of carbonyl (C=O) groups is 1. The lowest BCUT2D eigenvalue weighted by Gasteiger charge is -2.21. The number of carbonyl (C=O) groups excluding carboxylic acids is 1. The summed E-state index contributed by atoms with van der Waals surface area (Å²) in [6.07, 6.45) is 5.77. The van der Waals surface area contributed by atoms with Gasteiger partial charge in [-0.2, -0.15) is 0 Å². The molecule has 0 aliphatic heterocycles. The van der Waals surface area contributed by atoms with Crippen LogP contribution in [0.5, 0.6) is 0 Å². The van der Waals surface area contributed by atoms with Crippen LogP contribution in [0, 0.1) is 0 Å². The zero-order valence-corrected chi connectivity index (χ0v) is 13.9. The van der Waals surface area contributed by atoms with E-state index in [4.69, 9.17) is 0 Å². The number of rotatable bonds is 7. The molecule has 0 atom stereocenters. The minimum absolute atomic E-state index is 0.0881. The molecular formula is C17H23N5O. The van der Waals surface area contributed by atoms with Gasteiger partial charge in [-0.25, -0.2) is 9.97 Å². The van der Waals surface area contributed by atoms with Gasteiger partial charge in [-0.15, -0.1) is 0 Å². The third-order valence-electron chi connectivity index (χ3n) is 3.79. The van der Waals surface area contributed by atoms with Crippen molar-refractivity contribution in [3.63, 3.8) is 0 Å². The number of hydrogen-bond donors (Lipinski definition) is 0. The molecule has 6 heteroatoms. The lowest BCUT2D eigenvalue weighted by Crippen LogP contribution is -2.30. The number of hydrogen-bond acceptors (Lipinski definition) is 5. The fraction of sp³-hybridized carbons (Fsp3) is 0.412. The molecule has 2 heterocycles. The predicted octanol–water partition coefficient (Wildman–Crippen LogP) is 2.03. The van der Waals surface area contributed by atoms with E-state index in [1.54, 1.807) is 30.4 Å². The van der Waals surface area contributed by atoms with Crippen molar-refractivity contribution in [2.24, 2.45) is 0 Å². The second kappa shape index (κ2) is 8.22. The first-order valence-corrected chi connectivity index (χ1v) is 7.87. The molecule has 2 rings (SSSR count). The molecule has 0 unspecified atom stereocenters. The van der Waals surface area contributed by atoms with Crippen LogP contribution in [0.3, 0.4) is 0 Å². The van der Waals surface area contributed by atoms with Crippen LogP contribution in [0.25, 0.3) is 0 Å². The molecule has 2 aromatic rings. The number of likely N-dealkylation sites (N-methyl/N-ethyl adjacent to an activating group) is 1. The molecule has 1 amide bonds. The van der Waals surface area contributed by atoms with Gasteiger partial charge in [0.05, 0.1) is 0 Å². The van der Waals surface area contributed by atoms with E-state index in [0.29, 0.717) is 12.2 Å². The molecule has 0 spiro atoms. The van der Waals surface area contributed by atoms with Gasteiger partial charge in [-0.05, 0) is 38.0 Å². The highest BCUT2D eigenvalue weighted by molar-refractivity contribution is 5.92. The summed E-state index contributed by atoms with van der Waals surface area (Å²) in [5.41, 5.74) is 1.59. The Morgan fingerprint density at radius 1 is 1.13 bits per heavy atom. The summed E-state index contributed by atoms with van der Waals surface area (Å²) in [7, 11) is 1.79. The maximum absolute atomic E-state index is 12.5. The second-order valence-electron chi connectivity index (χ2n) is 5.27. The van der Waals surface area contributed by atoms with Gasteiger partial charge >= 0.3 is 0 Å². The number of aromatic nitrogens is 3. The standard InChI is InChI=1S/C17H23N5O/c1-4-22(5-2)16-12-15(19-13-20-16)17(23)21(3)11-8-14-6-9-18-10-7-14/h6-7,9-10,12-13H,4-5,8,11H2,1-3H3. The lowest BCUT2D eigenvalue weighted by atomic mass is 10.2. The average molecular weight is 313 g/mol. The normalized spacial score (nSPS) is 10.4. The molecule has 0 bridgehead atoms. The lowest BCUT2D eigenvalue weighted by molar-refractivity contribution is 0.0790. The Labute approximate surface area is 137 Å². The molecule has 2 aromatic heterocycles. The highest BCUT2D eigenvalue weighted by atomic mass is 16.2. The van der Waals surface area contributed by atoms with E-state index >= 15 is 0 Å². The fourth-order valence-electron chi connectivity index (χ4n) is 2.33. The van der Waals surface area contributed by atoms with Crippen molar-refractivity contribution in [1.82, 2.24) is 19.9 Å². The van der Waals surface area contributed by atoms with Crippen LogP contribution < -0.4 is 4.90 Å². The summed E-state index contributed by atoms with van der Waals surface area (Å²) in [5, 5.41) is 0. The van der Waals surface area contributed by atoms with Crippen molar-refractivity contribution in [2.75, 3.05) is 31.6 Å². The minimum Gasteiger partial charge on any atom is -0.357 e. The largest absolute Gasteiger partial charge is 0.357 e. The van der Waals surface area contributed by atoms with E-state index in [0.717, 1.165) is 30.9 Å². The molecule has 0 aliphatic carbocycles. The van der Waals surface area contributed by atoms with Crippen molar-refractivity contribution >= 4 is 11.7 Å². The Kier molecular flexibility index (Phi) is 6.02. The van der Waals surface area contributed by atoms with Crippen LogP contribution in [0.4, 0.5) is 5.82 Å². The molecule has 0 aliphatic rings. The summed E-state index contributed by atoms with van der Waals surface area (Å²) in [6, 6.07) is 5.68. The van der Waals surface area contributed by atoms with Crippen molar-refractivity contribution in [2.45, 2.75) is 20.3 Å². The Morgan fingerprint density at radius 2 is 1.83 bits per heavy atom. The van der Waals surface area contributed by atoms with Crippen LogP contribution in [0.15, 0.2) is 36.9 Å². The second-order valence-corrected chi connectivity index (χ2v) is 5.27. The van der Waals surface area contributed by atoms with E-state index in [-0.39, 0.29) is 5.91 Å². The van der Waals surface area contributed by atoms with Crippen LogP contribution >= 0.6 is 0 Å². The first-order chi connectivity index (χ1) is 11.2. The Balaban J connectivity index is 2.03. The predicted molar refractivity (Wildman–Crippen MR) is 90.5 cm³/mol. The van der Waals surface area contributed by atoms with Crippen molar-refractivity contribution in [3.8, 4) is 0 Å². The van der Waals surface area contributed by atoms with E-state index in [2.05, 4.69) is 33.7 Å². The number of amides is 1. The van der Waals surface area contributed by atoms with Gasteiger partial charge in [-0.1, -0.05) is 0 Å². The van der Waals surface area contributed by atoms with Crippen molar-refractivity contribution in [1.29, 1.82) is 0 Å². The molecule has 6 nitrogen and oxygen atoms in total. The maximum atomic E-state index is 12.5. The minimum atomic E-state index is -0.0881. The van der Waals surface area contributed by atoms with Crippen LogP contribution in [0.2, 0.25) is 0 Å². The summed E-state index contributed by atoms with van der Waals surface area (Å²) < 4.78 is 0. The van der Waals surface area contributed by atoms with Crippen LogP contribution in [0.1, 0.15) is 29.9 Å². The van der Waals surface area contributed by atoms with Gasteiger partial charge in [0.15, 0.2) is 0 Å². The maximum Gasteiger partial charge on any atom is 0.272 e. The third-order valence-corrected chi connectivity index (χ3v) is 3.79. The Hall–Kier alpha value is -2.50. The summed E-state index contributed by atoms with van der Waals surface area (Å²) in [6.45, 7) is 6.45. The zero-order chi connectivity index (χ0) is 16.7. The third kappa shape index (κ3) is 4.48. The quantitative estimate of drug-likeness (QED) is 0.783. The fourth-order valence-corrected chi connectivity index (χ4v) is 2.33. The molecule has 122 valence electrons. The van der Waals surface area contributed by atoms with E-state index < -0.39 is 0 Å². The van der Waals surface area contributed by atoms with Gasteiger partial charge < -0.3 is 9.80 Å². The molecule has 0 fully saturated rings. The topological polar surface area (TPSA) is 62.2 Å². The first kappa shape index (κ1) is 16.9. The molecule has 0 N–H and O–H groups in total. The van der Waals surface area contributed by atoms with E-state index in [9.17, 15) is 4.79 Å². The van der Waals surface area contributed by atoms with Gasteiger partial charge in [0, 0.05) is 45.1 Å². The van der Waals surface area contributed by atoms with Gasteiger partial charge in [0.25, 0.3) is 5.91 Å². The zero-order valence-electron chi connectivity index (χ0n) is 13.9. The highest BCUT2D eigenvalue weighted by Crippen LogP contribution is 2.12. The van der Waals surface area contributed by atoms with Crippen molar-refractivity contribution in [3.05, 3.63) is 48.2 Å². The Bertz CT molecular complexity index is 628. The van der Waals surface area contributed by atoms with Gasteiger partial charge in [0.2, 0.25) is 0 Å². The number of nitrogens with zero attached hydrogens (tertiary/aromatic N) is 5. The first-order valence-electron chi connectivity index (χ1n) is 7.87. The molecule has 23 heavy (non-hydrogen) atoms. The highest BCUT2D eigenvalue weighted by Gasteiger charge is 2.15. The molecule has 0 aromatic carbocycles.